The van der Waals surface area contributed by atoms with Crippen LogP contribution in [-0.4, -0.2) is 20.9 Å². The number of hydrogen-bond donors (Lipinski definition) is 0. The molecule has 0 heterocycles. The van der Waals surface area contributed by atoms with E-state index in [2.05, 4.69) is 48.1 Å². The van der Waals surface area contributed by atoms with E-state index in [-0.39, 0.29) is 5.97 Å². The second-order valence-corrected chi connectivity index (χ2v) is 11.3. The molecule has 0 rings (SSSR count). The highest BCUT2D eigenvalue weighted by Gasteiger charge is 2.46. The van der Waals surface area contributed by atoms with Gasteiger partial charge in [-0.2, -0.15) is 0 Å². The van der Waals surface area contributed by atoms with Crippen molar-refractivity contribution in [2.75, 3.05) is 6.61 Å². The monoisotopic (exact) mass is 298 g/mol. The third-order valence-corrected chi connectivity index (χ3v) is 9.74. The molecule has 0 N–H and O–H groups in total. The summed E-state index contributed by atoms with van der Waals surface area (Å²) in [5, 5.41) is 0. The van der Waals surface area contributed by atoms with Crippen LogP contribution in [0.25, 0.3) is 0 Å². The van der Waals surface area contributed by atoms with E-state index in [4.69, 9.17) is 9.16 Å². The third kappa shape index (κ3) is 4.82. The lowest BCUT2D eigenvalue weighted by molar-refractivity contribution is -0.137. The molecule has 0 aromatic heterocycles. The van der Waals surface area contributed by atoms with E-state index in [9.17, 15) is 4.79 Å². The van der Waals surface area contributed by atoms with Crippen LogP contribution in [0.1, 0.15) is 48.5 Å². The van der Waals surface area contributed by atoms with E-state index in [1.165, 1.54) is 6.08 Å². The van der Waals surface area contributed by atoms with E-state index < -0.39 is 8.32 Å². The molecule has 116 valence electrons. The zero-order chi connectivity index (χ0) is 15.9. The van der Waals surface area contributed by atoms with Gasteiger partial charge in [-0.15, -0.1) is 0 Å². The van der Waals surface area contributed by atoms with Crippen LogP contribution in [0.3, 0.4) is 0 Å². The van der Waals surface area contributed by atoms with Gasteiger partial charge in [-0.3, -0.25) is 0 Å². The summed E-state index contributed by atoms with van der Waals surface area (Å²) >= 11 is 0. The van der Waals surface area contributed by atoms with Crippen molar-refractivity contribution >= 4 is 14.3 Å². The van der Waals surface area contributed by atoms with E-state index in [1.54, 1.807) is 13.0 Å². The third-order valence-electron chi connectivity index (χ3n) is 3.71. The maximum atomic E-state index is 11.3. The van der Waals surface area contributed by atoms with Gasteiger partial charge >= 0.3 is 5.97 Å². The Morgan fingerprint density at radius 1 is 1.05 bits per heavy atom. The molecule has 0 spiro atoms. The highest BCUT2D eigenvalue weighted by atomic mass is 28.4. The van der Waals surface area contributed by atoms with Crippen molar-refractivity contribution < 1.29 is 14.0 Å². The highest BCUT2D eigenvalue weighted by molar-refractivity contribution is 6.77. The van der Waals surface area contributed by atoms with Gasteiger partial charge in [0.05, 0.1) is 12.4 Å². The van der Waals surface area contributed by atoms with Crippen molar-refractivity contribution in [2.24, 2.45) is 0 Å². The first-order valence-electron chi connectivity index (χ1n) is 7.41. The summed E-state index contributed by atoms with van der Waals surface area (Å²) in [5.41, 5.74) is 1.45. The molecular weight excluding hydrogens is 268 g/mol. The van der Waals surface area contributed by atoms with Gasteiger partial charge in [0.1, 0.15) is 0 Å². The average Bonchev–Trinajstić information content (AvgIpc) is 2.32. The van der Waals surface area contributed by atoms with E-state index in [0.717, 1.165) is 0 Å². The van der Waals surface area contributed by atoms with Crippen LogP contribution in [0.15, 0.2) is 24.5 Å². The number of esters is 1. The number of rotatable bonds is 8. The molecule has 0 unspecified atom stereocenters. The Kier molecular flexibility index (Phi) is 7.87. The van der Waals surface area contributed by atoms with Crippen LogP contribution < -0.4 is 0 Å². The fraction of sp³-hybridized carbons (Fsp3) is 0.688. The molecular formula is C16H30O3Si. The molecule has 0 bridgehead atoms. The maximum absolute atomic E-state index is 11.3. The summed E-state index contributed by atoms with van der Waals surface area (Å²) in [4.78, 5) is 11.3. The van der Waals surface area contributed by atoms with Crippen molar-refractivity contribution in [1.29, 1.82) is 0 Å². The molecule has 0 aliphatic carbocycles. The van der Waals surface area contributed by atoms with Crippen LogP contribution in [0.2, 0.25) is 16.6 Å². The summed E-state index contributed by atoms with van der Waals surface area (Å²) < 4.78 is 11.2. The first kappa shape index (κ1) is 19.0. The molecule has 4 heteroatoms. The molecule has 0 amide bonds. The SMILES string of the molecule is C=C(/C=C/C(=O)OCC)O[Si](C(C)C)(C(C)C)C(C)C. The fourth-order valence-corrected chi connectivity index (χ4v) is 8.20. The molecule has 0 aromatic carbocycles. The predicted molar refractivity (Wildman–Crippen MR) is 87.0 cm³/mol. The van der Waals surface area contributed by atoms with Crippen LogP contribution in [-0.2, 0) is 14.0 Å². The molecule has 0 saturated heterocycles. The Balaban J connectivity index is 5.01. The topological polar surface area (TPSA) is 35.5 Å². The molecule has 0 saturated carbocycles. The molecule has 0 atom stereocenters. The van der Waals surface area contributed by atoms with Crippen molar-refractivity contribution in [3.05, 3.63) is 24.5 Å². The van der Waals surface area contributed by atoms with Crippen LogP contribution >= 0.6 is 0 Å². The minimum absolute atomic E-state index is 0.358. The Bertz CT molecular complexity index is 335. The molecule has 0 aliphatic rings. The molecule has 0 radical (unpaired) electrons. The number of ether oxygens (including phenoxy) is 1. The highest BCUT2D eigenvalue weighted by Crippen LogP contribution is 2.43. The van der Waals surface area contributed by atoms with Crippen molar-refractivity contribution in [1.82, 2.24) is 0 Å². The van der Waals surface area contributed by atoms with E-state index in [1.807, 2.05) is 0 Å². The number of carbonyl (C=O) groups is 1. The van der Waals surface area contributed by atoms with Crippen molar-refractivity contribution in [3.63, 3.8) is 0 Å². The first-order chi connectivity index (χ1) is 9.18. The first-order valence-corrected chi connectivity index (χ1v) is 9.55. The smallest absolute Gasteiger partial charge is 0.330 e. The number of carbonyl (C=O) groups excluding carboxylic acids is 1. The van der Waals surface area contributed by atoms with Crippen LogP contribution in [0.4, 0.5) is 0 Å². The van der Waals surface area contributed by atoms with Gasteiger partial charge < -0.3 is 9.16 Å². The largest absolute Gasteiger partial charge is 0.543 e. The van der Waals surface area contributed by atoms with Crippen molar-refractivity contribution in [2.45, 2.75) is 65.1 Å². The second kappa shape index (κ2) is 8.30. The molecule has 0 fully saturated rings. The zero-order valence-electron chi connectivity index (χ0n) is 14.0. The van der Waals surface area contributed by atoms with E-state index >= 15 is 0 Å². The molecule has 20 heavy (non-hydrogen) atoms. The Morgan fingerprint density at radius 3 is 1.85 bits per heavy atom. The maximum Gasteiger partial charge on any atom is 0.330 e. The Morgan fingerprint density at radius 2 is 1.50 bits per heavy atom. The van der Waals surface area contributed by atoms with Crippen LogP contribution in [0, 0.1) is 0 Å². The van der Waals surface area contributed by atoms with Crippen LogP contribution in [0.5, 0.6) is 0 Å². The average molecular weight is 298 g/mol. The van der Waals surface area contributed by atoms with Gasteiger partial charge in [0, 0.05) is 6.08 Å². The van der Waals surface area contributed by atoms with Gasteiger partial charge in [0.25, 0.3) is 8.32 Å². The second-order valence-electron chi connectivity index (χ2n) is 5.97. The van der Waals surface area contributed by atoms with Gasteiger partial charge in [-0.25, -0.2) is 4.79 Å². The summed E-state index contributed by atoms with van der Waals surface area (Å²) in [7, 11) is -1.98. The van der Waals surface area contributed by atoms with Gasteiger partial charge in [-0.05, 0) is 29.6 Å². The normalized spacial score (nSPS) is 12.5. The summed E-state index contributed by atoms with van der Waals surface area (Å²) in [6.07, 6.45) is 3.00. The quantitative estimate of drug-likeness (QED) is 0.212. The minimum Gasteiger partial charge on any atom is -0.543 e. The number of allylic oxidation sites excluding steroid dienone is 1. The summed E-state index contributed by atoms with van der Waals surface area (Å²) in [5.74, 6) is 0.198. The standard InChI is InChI=1S/C16H30O3Si/c1-9-18-16(17)11-10-15(8)19-20(12(2)3,13(4)5)14(6)7/h10-14H,8-9H2,1-7H3/b11-10+. The molecule has 3 nitrogen and oxygen atoms in total. The lowest BCUT2D eigenvalue weighted by Gasteiger charge is -2.42. The predicted octanol–water partition coefficient (Wildman–Crippen LogP) is 4.81. The minimum atomic E-state index is -1.98. The fourth-order valence-electron chi connectivity index (χ4n) is 2.97. The number of hydrogen-bond acceptors (Lipinski definition) is 3. The van der Waals surface area contributed by atoms with Crippen molar-refractivity contribution in [3.8, 4) is 0 Å². The van der Waals surface area contributed by atoms with E-state index in [0.29, 0.717) is 29.0 Å². The van der Waals surface area contributed by atoms with Gasteiger partial charge in [0.15, 0.2) is 0 Å². The van der Waals surface area contributed by atoms with Gasteiger partial charge in [-0.1, -0.05) is 48.1 Å². The summed E-state index contributed by atoms with van der Waals surface area (Å²) in [6, 6.07) is 0. The Labute approximate surface area is 125 Å². The zero-order valence-corrected chi connectivity index (χ0v) is 15.0. The van der Waals surface area contributed by atoms with Gasteiger partial charge in [0.2, 0.25) is 0 Å². The lowest BCUT2D eigenvalue weighted by atomic mass is 10.4. The summed E-state index contributed by atoms with van der Waals surface area (Å²) in [6.45, 7) is 19.4. The Hall–Kier alpha value is -1.03. The molecule has 0 aromatic rings. The lowest BCUT2D eigenvalue weighted by Crippen LogP contribution is -2.47. The molecule has 0 aliphatic heterocycles.